The zero-order valence-electron chi connectivity index (χ0n) is 8.84. The third kappa shape index (κ3) is 2.48. The van der Waals surface area contributed by atoms with E-state index in [2.05, 4.69) is 0 Å². The highest BCUT2D eigenvalue weighted by Crippen LogP contribution is 2.14. The Morgan fingerprint density at radius 1 is 0.875 bits per heavy atom. The highest BCUT2D eigenvalue weighted by Gasteiger charge is 2.05. The lowest BCUT2D eigenvalue weighted by Gasteiger charge is -2.16. The standard InChI is InChI=1S/C14H12NO/c16-12-15(14-9-5-2-6-10-14)11-13-7-3-1-4-8-13/h1-10H,11H2. The Balaban J connectivity index is 2.16. The molecule has 16 heavy (non-hydrogen) atoms. The molecule has 1 radical (unpaired) electrons. The van der Waals surface area contributed by atoms with Crippen LogP contribution >= 0.6 is 0 Å². The largest absolute Gasteiger partial charge is 0.317 e. The lowest BCUT2D eigenvalue weighted by atomic mass is 10.2. The van der Waals surface area contributed by atoms with Crippen molar-refractivity contribution in [1.82, 2.24) is 0 Å². The van der Waals surface area contributed by atoms with E-state index in [1.54, 1.807) is 4.90 Å². The number of amides is 1. The lowest BCUT2D eigenvalue weighted by Crippen LogP contribution is -2.19. The van der Waals surface area contributed by atoms with Crippen LogP contribution in [-0.2, 0) is 11.3 Å². The summed E-state index contributed by atoms with van der Waals surface area (Å²) in [6.07, 6.45) is 1.95. The van der Waals surface area contributed by atoms with Gasteiger partial charge in [-0.1, -0.05) is 48.5 Å². The van der Waals surface area contributed by atoms with Crippen molar-refractivity contribution < 1.29 is 4.79 Å². The van der Waals surface area contributed by atoms with E-state index in [1.807, 2.05) is 67.1 Å². The second-order valence-electron chi connectivity index (χ2n) is 3.50. The summed E-state index contributed by atoms with van der Waals surface area (Å²) in [7, 11) is 0. The highest BCUT2D eigenvalue weighted by atomic mass is 16.1. The van der Waals surface area contributed by atoms with Gasteiger partial charge in [0.15, 0.2) is 0 Å². The van der Waals surface area contributed by atoms with Crippen molar-refractivity contribution in [3.05, 3.63) is 66.2 Å². The van der Waals surface area contributed by atoms with Gasteiger partial charge in [0.1, 0.15) is 0 Å². The molecule has 0 aromatic heterocycles. The van der Waals surface area contributed by atoms with Gasteiger partial charge >= 0.3 is 6.41 Å². The van der Waals surface area contributed by atoms with Crippen molar-refractivity contribution in [3.63, 3.8) is 0 Å². The van der Waals surface area contributed by atoms with Crippen LogP contribution in [0.25, 0.3) is 0 Å². The molecule has 0 fully saturated rings. The number of carbonyl (C=O) groups excluding carboxylic acids is 1. The van der Waals surface area contributed by atoms with Crippen molar-refractivity contribution in [2.75, 3.05) is 4.90 Å². The van der Waals surface area contributed by atoms with Crippen molar-refractivity contribution >= 4 is 12.1 Å². The molecule has 0 N–H and O–H groups in total. The zero-order chi connectivity index (χ0) is 11.2. The van der Waals surface area contributed by atoms with Gasteiger partial charge in [-0.25, -0.2) is 0 Å². The first kappa shape index (κ1) is 10.4. The highest BCUT2D eigenvalue weighted by molar-refractivity contribution is 5.75. The topological polar surface area (TPSA) is 20.3 Å². The molecular weight excluding hydrogens is 198 g/mol. The molecule has 2 aromatic rings. The van der Waals surface area contributed by atoms with Gasteiger partial charge in [0.25, 0.3) is 0 Å². The van der Waals surface area contributed by atoms with Gasteiger partial charge in [-0.05, 0) is 17.7 Å². The Morgan fingerprint density at radius 2 is 1.44 bits per heavy atom. The summed E-state index contributed by atoms with van der Waals surface area (Å²) < 4.78 is 0. The number of para-hydroxylation sites is 1. The summed E-state index contributed by atoms with van der Waals surface area (Å²) >= 11 is 0. The average Bonchev–Trinajstić information content (AvgIpc) is 2.38. The number of rotatable bonds is 4. The molecule has 0 aliphatic rings. The van der Waals surface area contributed by atoms with Crippen LogP contribution in [0.2, 0.25) is 0 Å². The average molecular weight is 210 g/mol. The molecule has 2 rings (SSSR count). The van der Waals surface area contributed by atoms with Crippen LogP contribution < -0.4 is 4.90 Å². The number of nitrogens with zero attached hydrogens (tertiary/aromatic N) is 1. The normalized spacial score (nSPS) is 9.75. The second-order valence-corrected chi connectivity index (χ2v) is 3.50. The molecule has 0 aliphatic heterocycles. The van der Waals surface area contributed by atoms with Gasteiger partial charge in [-0.2, -0.15) is 0 Å². The summed E-state index contributed by atoms with van der Waals surface area (Å²) in [5.41, 5.74) is 1.95. The van der Waals surface area contributed by atoms with Crippen LogP contribution in [0.15, 0.2) is 60.7 Å². The van der Waals surface area contributed by atoms with Crippen LogP contribution in [0.5, 0.6) is 0 Å². The van der Waals surface area contributed by atoms with Crippen LogP contribution in [0, 0.1) is 0 Å². The molecule has 0 spiro atoms. The van der Waals surface area contributed by atoms with E-state index in [0.717, 1.165) is 11.3 Å². The van der Waals surface area contributed by atoms with Gasteiger partial charge in [0.2, 0.25) is 0 Å². The fourth-order valence-corrected chi connectivity index (χ4v) is 1.55. The van der Waals surface area contributed by atoms with Gasteiger partial charge in [-0.3, -0.25) is 9.69 Å². The van der Waals surface area contributed by atoms with E-state index >= 15 is 0 Å². The van der Waals surface area contributed by atoms with E-state index < -0.39 is 0 Å². The molecule has 2 nitrogen and oxygen atoms in total. The van der Waals surface area contributed by atoms with Crippen molar-refractivity contribution in [3.8, 4) is 0 Å². The molecule has 0 saturated carbocycles. The maximum atomic E-state index is 10.9. The summed E-state index contributed by atoms with van der Waals surface area (Å²) in [5, 5.41) is 0. The van der Waals surface area contributed by atoms with E-state index in [1.165, 1.54) is 0 Å². The van der Waals surface area contributed by atoms with Crippen LogP contribution in [0.3, 0.4) is 0 Å². The smallest absolute Gasteiger partial charge is 0.300 e. The summed E-state index contributed by atoms with van der Waals surface area (Å²) in [5.74, 6) is 0. The molecule has 2 aromatic carbocycles. The van der Waals surface area contributed by atoms with Crippen molar-refractivity contribution in [2.45, 2.75) is 6.54 Å². The second kappa shape index (κ2) is 5.12. The van der Waals surface area contributed by atoms with Gasteiger partial charge in [0, 0.05) is 5.69 Å². The third-order valence-corrected chi connectivity index (χ3v) is 2.36. The number of benzene rings is 2. The Bertz CT molecular complexity index is 439. The first-order valence-corrected chi connectivity index (χ1v) is 5.14. The van der Waals surface area contributed by atoms with Crippen LogP contribution in [0.4, 0.5) is 5.69 Å². The van der Waals surface area contributed by atoms with Crippen LogP contribution in [-0.4, -0.2) is 6.41 Å². The van der Waals surface area contributed by atoms with Crippen molar-refractivity contribution in [2.24, 2.45) is 0 Å². The molecule has 1 amide bonds. The molecule has 0 unspecified atom stereocenters. The first-order valence-electron chi connectivity index (χ1n) is 5.14. The summed E-state index contributed by atoms with van der Waals surface area (Å²) in [4.78, 5) is 12.5. The molecule has 0 saturated heterocycles. The van der Waals surface area contributed by atoms with E-state index in [0.29, 0.717) is 6.54 Å². The number of hydrogen-bond donors (Lipinski definition) is 0. The monoisotopic (exact) mass is 210 g/mol. The fraction of sp³-hybridized carbons (Fsp3) is 0.0714. The van der Waals surface area contributed by atoms with Crippen molar-refractivity contribution in [1.29, 1.82) is 0 Å². The Morgan fingerprint density at radius 3 is 2.00 bits per heavy atom. The third-order valence-electron chi connectivity index (χ3n) is 2.36. The fourth-order valence-electron chi connectivity index (χ4n) is 1.55. The summed E-state index contributed by atoms with van der Waals surface area (Å²) in [6.45, 7) is 0.550. The first-order chi connectivity index (χ1) is 7.90. The molecular formula is C14H12NO. The molecule has 0 atom stereocenters. The van der Waals surface area contributed by atoms with Gasteiger partial charge < -0.3 is 0 Å². The summed E-state index contributed by atoms with van der Waals surface area (Å²) in [6, 6.07) is 19.4. The Kier molecular flexibility index (Phi) is 3.34. The van der Waals surface area contributed by atoms with E-state index in [9.17, 15) is 4.79 Å². The quantitative estimate of drug-likeness (QED) is 0.710. The predicted molar refractivity (Wildman–Crippen MR) is 64.8 cm³/mol. The van der Waals surface area contributed by atoms with E-state index in [4.69, 9.17) is 0 Å². The zero-order valence-corrected chi connectivity index (χ0v) is 8.84. The number of hydrogen-bond acceptors (Lipinski definition) is 1. The molecule has 0 bridgehead atoms. The van der Waals surface area contributed by atoms with E-state index in [-0.39, 0.29) is 0 Å². The number of anilines is 1. The maximum Gasteiger partial charge on any atom is 0.317 e. The predicted octanol–water partition coefficient (Wildman–Crippen LogP) is 2.76. The van der Waals surface area contributed by atoms with Crippen LogP contribution in [0.1, 0.15) is 5.56 Å². The minimum absolute atomic E-state index is 0.550. The Hall–Kier alpha value is -2.09. The molecule has 79 valence electrons. The molecule has 0 heterocycles. The van der Waals surface area contributed by atoms with Gasteiger partial charge in [-0.15, -0.1) is 0 Å². The SMILES string of the molecule is O=[C]N(Cc1ccccc1)c1ccccc1. The minimum atomic E-state index is 0.550. The van der Waals surface area contributed by atoms with Gasteiger partial charge in [0.05, 0.1) is 6.54 Å². The maximum absolute atomic E-state index is 10.9. The lowest BCUT2D eigenvalue weighted by molar-refractivity contribution is 0.551. The molecule has 0 aliphatic carbocycles. The molecule has 2 heteroatoms. The Labute approximate surface area is 95.1 Å². The minimum Gasteiger partial charge on any atom is -0.300 e.